The molecule has 22 heavy (non-hydrogen) atoms. The molecular formula is C18H17FN2O. The number of fused-ring (bicyclic) bond motifs is 1. The first-order valence-corrected chi connectivity index (χ1v) is 7.01. The Labute approximate surface area is 129 Å². The summed E-state index contributed by atoms with van der Waals surface area (Å²) in [6.07, 6.45) is 0. The van der Waals surface area contributed by atoms with Gasteiger partial charge < -0.3 is 9.64 Å². The molecule has 0 amide bonds. The van der Waals surface area contributed by atoms with Crippen molar-refractivity contribution in [3.8, 4) is 17.0 Å². The maximum atomic E-state index is 14.3. The molecule has 1 heterocycles. The van der Waals surface area contributed by atoms with Crippen LogP contribution >= 0.6 is 0 Å². The topological polar surface area (TPSA) is 25.4 Å². The number of nitrogens with zero attached hydrogens (tertiary/aromatic N) is 2. The molecule has 0 fully saturated rings. The van der Waals surface area contributed by atoms with Crippen molar-refractivity contribution < 1.29 is 9.13 Å². The average molecular weight is 296 g/mol. The number of pyridine rings is 1. The van der Waals surface area contributed by atoms with E-state index in [1.807, 2.05) is 55.4 Å². The second-order valence-electron chi connectivity index (χ2n) is 5.30. The molecule has 0 aliphatic rings. The Bertz CT molecular complexity index is 830. The van der Waals surface area contributed by atoms with Crippen molar-refractivity contribution >= 4 is 16.5 Å². The maximum Gasteiger partial charge on any atom is 0.221 e. The molecule has 0 spiro atoms. The fourth-order valence-corrected chi connectivity index (χ4v) is 2.54. The highest BCUT2D eigenvalue weighted by atomic mass is 19.1. The molecular weight excluding hydrogens is 279 g/mol. The fraction of sp³-hybridized carbons (Fsp3) is 0.167. The van der Waals surface area contributed by atoms with Crippen LogP contribution in [-0.4, -0.2) is 26.2 Å². The second kappa shape index (κ2) is 5.64. The summed E-state index contributed by atoms with van der Waals surface area (Å²) in [6, 6.07) is 15.0. The highest BCUT2D eigenvalue weighted by molar-refractivity contribution is 5.89. The van der Waals surface area contributed by atoms with Crippen molar-refractivity contribution in [2.24, 2.45) is 0 Å². The van der Waals surface area contributed by atoms with Crippen LogP contribution in [0.5, 0.6) is 5.75 Å². The predicted molar refractivity (Wildman–Crippen MR) is 88.0 cm³/mol. The normalized spacial score (nSPS) is 10.7. The molecule has 1 aromatic heterocycles. The second-order valence-corrected chi connectivity index (χ2v) is 5.30. The highest BCUT2D eigenvalue weighted by Gasteiger charge is 2.12. The molecule has 0 radical (unpaired) electrons. The van der Waals surface area contributed by atoms with Crippen LogP contribution in [0.1, 0.15) is 0 Å². The molecule has 2 aromatic carbocycles. The molecule has 0 bridgehead atoms. The van der Waals surface area contributed by atoms with Crippen LogP contribution in [0.2, 0.25) is 0 Å². The standard InChI is InChI=1S/C18H17FN2O/c1-21(2)17-7-5-4-6-15(17)16-11-12-10-13(22-3)8-9-14(12)18(19)20-16/h4-11H,1-3H3. The van der Waals surface area contributed by atoms with Gasteiger partial charge in [-0.2, -0.15) is 4.39 Å². The average Bonchev–Trinajstić information content (AvgIpc) is 2.54. The summed E-state index contributed by atoms with van der Waals surface area (Å²) in [5.74, 6) is 0.230. The van der Waals surface area contributed by atoms with Crippen molar-refractivity contribution in [2.75, 3.05) is 26.1 Å². The third-order valence-corrected chi connectivity index (χ3v) is 3.65. The monoisotopic (exact) mass is 296 g/mol. The molecule has 0 N–H and O–H groups in total. The summed E-state index contributed by atoms with van der Waals surface area (Å²) in [5, 5.41) is 1.27. The van der Waals surface area contributed by atoms with Gasteiger partial charge in [0.15, 0.2) is 0 Å². The van der Waals surface area contributed by atoms with E-state index < -0.39 is 5.95 Å². The lowest BCUT2D eigenvalue weighted by atomic mass is 10.0. The molecule has 4 heteroatoms. The molecule has 0 unspecified atom stereocenters. The summed E-state index contributed by atoms with van der Waals surface area (Å²) in [7, 11) is 5.51. The molecule has 0 saturated carbocycles. The van der Waals surface area contributed by atoms with Crippen LogP contribution in [0, 0.1) is 5.95 Å². The van der Waals surface area contributed by atoms with Crippen molar-refractivity contribution in [3.63, 3.8) is 0 Å². The lowest BCUT2D eigenvalue weighted by molar-refractivity contribution is 0.415. The lowest BCUT2D eigenvalue weighted by Crippen LogP contribution is -2.10. The zero-order valence-corrected chi connectivity index (χ0v) is 12.8. The first kappa shape index (κ1) is 14.3. The van der Waals surface area contributed by atoms with E-state index in [1.54, 1.807) is 19.2 Å². The Morgan fingerprint density at radius 3 is 2.55 bits per heavy atom. The van der Waals surface area contributed by atoms with Gasteiger partial charge >= 0.3 is 0 Å². The highest BCUT2D eigenvalue weighted by Crippen LogP contribution is 2.32. The summed E-state index contributed by atoms with van der Waals surface area (Å²) >= 11 is 0. The number of benzene rings is 2. The smallest absolute Gasteiger partial charge is 0.221 e. The van der Waals surface area contributed by atoms with Gasteiger partial charge in [-0.05, 0) is 35.7 Å². The molecule has 3 rings (SSSR count). The number of rotatable bonds is 3. The number of methoxy groups -OCH3 is 1. The number of aromatic nitrogens is 1. The molecule has 112 valence electrons. The van der Waals surface area contributed by atoms with Gasteiger partial charge in [0.05, 0.1) is 12.8 Å². The quantitative estimate of drug-likeness (QED) is 0.680. The van der Waals surface area contributed by atoms with E-state index in [0.717, 1.165) is 16.6 Å². The molecule has 0 atom stereocenters. The van der Waals surface area contributed by atoms with Gasteiger partial charge in [0.25, 0.3) is 0 Å². The largest absolute Gasteiger partial charge is 0.497 e. The number of anilines is 1. The Kier molecular flexibility index (Phi) is 3.67. The molecule has 3 aromatic rings. The van der Waals surface area contributed by atoms with E-state index in [4.69, 9.17) is 4.74 Å². The Hall–Kier alpha value is -2.62. The van der Waals surface area contributed by atoms with Crippen molar-refractivity contribution in [1.29, 1.82) is 0 Å². The Balaban J connectivity index is 2.24. The van der Waals surface area contributed by atoms with E-state index in [0.29, 0.717) is 16.8 Å². The van der Waals surface area contributed by atoms with Crippen LogP contribution in [0.15, 0.2) is 48.5 Å². The maximum absolute atomic E-state index is 14.3. The number of hydrogen-bond acceptors (Lipinski definition) is 3. The van der Waals surface area contributed by atoms with Crippen LogP contribution in [0.3, 0.4) is 0 Å². The molecule has 3 nitrogen and oxygen atoms in total. The van der Waals surface area contributed by atoms with Gasteiger partial charge in [0, 0.05) is 30.7 Å². The molecule has 0 aliphatic heterocycles. The zero-order chi connectivity index (χ0) is 15.7. The number of ether oxygens (including phenoxy) is 1. The minimum atomic E-state index is -0.469. The van der Waals surface area contributed by atoms with Gasteiger partial charge in [-0.15, -0.1) is 0 Å². The van der Waals surface area contributed by atoms with Crippen LogP contribution < -0.4 is 9.64 Å². The fourth-order valence-electron chi connectivity index (χ4n) is 2.54. The van der Waals surface area contributed by atoms with E-state index in [-0.39, 0.29) is 0 Å². The van der Waals surface area contributed by atoms with E-state index >= 15 is 0 Å². The van der Waals surface area contributed by atoms with E-state index in [2.05, 4.69) is 4.98 Å². The summed E-state index contributed by atoms with van der Waals surface area (Å²) in [4.78, 5) is 6.13. The minimum absolute atomic E-state index is 0.469. The van der Waals surface area contributed by atoms with Gasteiger partial charge in [-0.1, -0.05) is 18.2 Å². The summed E-state index contributed by atoms with van der Waals surface area (Å²) in [6.45, 7) is 0. The van der Waals surface area contributed by atoms with Gasteiger partial charge in [0.2, 0.25) is 5.95 Å². The summed E-state index contributed by atoms with van der Waals surface area (Å²) in [5.41, 5.74) is 2.51. The first-order chi connectivity index (χ1) is 10.6. The van der Waals surface area contributed by atoms with Gasteiger partial charge in [-0.3, -0.25) is 0 Å². The summed E-state index contributed by atoms with van der Waals surface area (Å²) < 4.78 is 19.6. The van der Waals surface area contributed by atoms with Crippen molar-refractivity contribution in [3.05, 3.63) is 54.5 Å². The SMILES string of the molecule is COc1ccc2c(F)nc(-c3ccccc3N(C)C)cc2c1. The third kappa shape index (κ3) is 2.48. The Morgan fingerprint density at radius 2 is 1.82 bits per heavy atom. The first-order valence-electron chi connectivity index (χ1n) is 7.01. The number of halogens is 1. The van der Waals surface area contributed by atoms with Crippen molar-refractivity contribution in [1.82, 2.24) is 4.98 Å². The predicted octanol–water partition coefficient (Wildman–Crippen LogP) is 4.12. The van der Waals surface area contributed by atoms with Crippen LogP contribution in [0.4, 0.5) is 10.1 Å². The van der Waals surface area contributed by atoms with Gasteiger partial charge in [0.1, 0.15) is 5.75 Å². The van der Waals surface area contributed by atoms with Crippen molar-refractivity contribution in [2.45, 2.75) is 0 Å². The molecule has 0 saturated heterocycles. The van der Waals surface area contributed by atoms with Gasteiger partial charge in [-0.25, -0.2) is 4.98 Å². The van der Waals surface area contributed by atoms with Crippen LogP contribution in [0.25, 0.3) is 22.0 Å². The zero-order valence-electron chi connectivity index (χ0n) is 12.8. The minimum Gasteiger partial charge on any atom is -0.497 e. The Morgan fingerprint density at radius 1 is 1.05 bits per heavy atom. The third-order valence-electron chi connectivity index (χ3n) is 3.65. The van der Waals surface area contributed by atoms with Crippen LogP contribution in [-0.2, 0) is 0 Å². The lowest BCUT2D eigenvalue weighted by Gasteiger charge is -2.17. The van der Waals surface area contributed by atoms with E-state index in [9.17, 15) is 4.39 Å². The number of hydrogen-bond donors (Lipinski definition) is 0. The molecule has 0 aliphatic carbocycles. The van der Waals surface area contributed by atoms with E-state index in [1.165, 1.54) is 0 Å². The number of para-hydroxylation sites is 1.